The van der Waals surface area contributed by atoms with E-state index in [4.69, 9.17) is 19.4 Å². The van der Waals surface area contributed by atoms with Crippen LogP contribution in [0.15, 0.2) is 150 Å². The molecule has 0 aliphatic heterocycles. The van der Waals surface area contributed by atoms with Gasteiger partial charge >= 0.3 is 126 Å². The first-order chi connectivity index (χ1) is 30.9. The van der Waals surface area contributed by atoms with Crippen molar-refractivity contribution in [1.82, 2.24) is 19.5 Å². The van der Waals surface area contributed by atoms with Crippen molar-refractivity contribution in [3.8, 4) is 39.5 Å². The topological polar surface area (TPSA) is 56.7 Å². The number of furan rings is 1. The monoisotopic (exact) mass is 1090 g/mol. The molecule has 0 spiro atoms. The maximum Gasteiger partial charge on any atom is 0.156 e. The maximum atomic E-state index is 6.54. The molecule has 329 valence electrons. The minimum absolute atomic E-state index is 0. The second kappa shape index (κ2) is 19.1. The first kappa shape index (κ1) is 45.9. The van der Waals surface area contributed by atoms with Crippen molar-refractivity contribution < 1.29 is 24.5 Å². The minimum Gasteiger partial charge on any atom is -0.501 e. The number of pyridine rings is 2. The fraction of sp³-hybridized carbons (Fsp3) is 0.224. The van der Waals surface area contributed by atoms with Crippen LogP contribution in [0.5, 0.6) is 0 Å². The quantitative estimate of drug-likeness (QED) is 0.107. The largest absolute Gasteiger partial charge is 0.501 e. The van der Waals surface area contributed by atoms with Gasteiger partial charge in [-0.2, -0.15) is 0 Å². The Hall–Kier alpha value is -5.66. The fourth-order valence-electron chi connectivity index (χ4n) is 9.00. The molecule has 0 fully saturated rings. The molecule has 0 atom stereocenters. The summed E-state index contributed by atoms with van der Waals surface area (Å²) in [7, 11) is 0. The molecule has 0 saturated heterocycles. The average Bonchev–Trinajstić information content (AvgIpc) is 3.88. The maximum absolute atomic E-state index is 6.54. The summed E-state index contributed by atoms with van der Waals surface area (Å²) in [4.78, 5) is 15.2. The van der Waals surface area contributed by atoms with E-state index in [0.29, 0.717) is 5.92 Å². The third-order valence-electron chi connectivity index (χ3n) is 12.1. The van der Waals surface area contributed by atoms with Gasteiger partial charge in [0.15, 0.2) is 5.65 Å². The molecule has 4 heterocycles. The van der Waals surface area contributed by atoms with Crippen molar-refractivity contribution in [3.63, 3.8) is 0 Å². The molecular formula is C58H56GeIrN4O-2. The third-order valence-corrected chi connectivity index (χ3v) is 16.4. The van der Waals surface area contributed by atoms with Crippen LogP contribution in [0.25, 0.3) is 83.3 Å². The number of nitrogens with zero attached hydrogens (tertiary/aromatic N) is 4. The van der Waals surface area contributed by atoms with Gasteiger partial charge in [0.1, 0.15) is 11.1 Å². The Labute approximate surface area is 400 Å². The van der Waals surface area contributed by atoms with Gasteiger partial charge in [0.05, 0.1) is 11.4 Å². The van der Waals surface area contributed by atoms with Crippen molar-refractivity contribution in [1.29, 1.82) is 0 Å². The third kappa shape index (κ3) is 9.14. The zero-order valence-electron chi connectivity index (χ0n) is 38.8. The average molecular weight is 1090 g/mol. The predicted octanol–water partition coefficient (Wildman–Crippen LogP) is 15.1. The van der Waals surface area contributed by atoms with E-state index in [1.165, 1.54) is 27.8 Å². The van der Waals surface area contributed by atoms with Crippen molar-refractivity contribution >= 4 is 61.5 Å². The molecule has 5 nitrogen and oxygen atoms in total. The van der Waals surface area contributed by atoms with E-state index in [2.05, 4.69) is 173 Å². The molecule has 0 saturated carbocycles. The second-order valence-corrected chi connectivity index (χ2v) is 29.6. The summed E-state index contributed by atoms with van der Waals surface area (Å²) in [5, 5.41) is 4.28. The van der Waals surface area contributed by atoms with Crippen molar-refractivity contribution in [2.24, 2.45) is 5.92 Å². The molecule has 1 radical (unpaired) electrons. The number of aromatic nitrogens is 4. The molecular weight excluding hydrogens is 1030 g/mol. The van der Waals surface area contributed by atoms with Crippen LogP contribution in [0.1, 0.15) is 70.1 Å². The minimum atomic E-state index is -1.86. The smallest absolute Gasteiger partial charge is 0.156 e. The van der Waals surface area contributed by atoms with Gasteiger partial charge in [-0.15, -0.1) is 18.2 Å². The van der Waals surface area contributed by atoms with Gasteiger partial charge in [-0.25, -0.2) is 4.98 Å². The summed E-state index contributed by atoms with van der Waals surface area (Å²) in [5.74, 6) is 9.28. The predicted molar refractivity (Wildman–Crippen MR) is 272 cm³/mol. The van der Waals surface area contributed by atoms with E-state index in [0.717, 1.165) is 78.6 Å². The van der Waals surface area contributed by atoms with Crippen molar-refractivity contribution in [2.75, 3.05) is 0 Å². The molecule has 0 unspecified atom stereocenters. The summed E-state index contributed by atoms with van der Waals surface area (Å²) in [6, 6.07) is 53.2. The van der Waals surface area contributed by atoms with Gasteiger partial charge in [0, 0.05) is 48.1 Å². The molecule has 65 heavy (non-hydrogen) atoms. The molecule has 7 heteroatoms. The van der Waals surface area contributed by atoms with E-state index in [9.17, 15) is 0 Å². The Morgan fingerprint density at radius 3 is 2.00 bits per heavy atom. The van der Waals surface area contributed by atoms with Gasteiger partial charge in [-0.1, -0.05) is 111 Å². The van der Waals surface area contributed by atoms with Crippen LogP contribution in [-0.4, -0.2) is 32.8 Å². The Morgan fingerprint density at radius 1 is 0.646 bits per heavy atom. The molecule has 0 bridgehead atoms. The first-order valence-electron chi connectivity index (χ1n) is 22.7. The van der Waals surface area contributed by atoms with Crippen LogP contribution in [0.4, 0.5) is 0 Å². The van der Waals surface area contributed by atoms with Crippen LogP contribution in [0.3, 0.4) is 0 Å². The second-order valence-electron chi connectivity index (χ2n) is 19.0. The van der Waals surface area contributed by atoms with Gasteiger partial charge in [-0.3, -0.25) is 4.98 Å². The Kier molecular flexibility index (Phi) is 13.5. The molecule has 0 aliphatic carbocycles. The molecule has 6 aromatic carbocycles. The summed E-state index contributed by atoms with van der Waals surface area (Å²) in [5.41, 5.74) is 13.9. The van der Waals surface area contributed by atoms with Crippen LogP contribution < -0.4 is 4.40 Å². The number of hydrogen-bond donors (Lipinski definition) is 0. The van der Waals surface area contributed by atoms with Crippen LogP contribution in [-0.2, 0) is 26.5 Å². The fourth-order valence-corrected chi connectivity index (χ4v) is 12.3. The van der Waals surface area contributed by atoms with E-state index in [1.54, 1.807) is 4.40 Å². The van der Waals surface area contributed by atoms with E-state index in [1.807, 2.05) is 48.7 Å². The number of hydrogen-bond acceptors (Lipinski definition) is 4. The first-order valence-corrected chi connectivity index (χ1v) is 30.0. The standard InChI is InChI=1S/C40H32N3O.C18H24GeN.Ir/c1-24(2)33-21-28(26-13-6-5-7-14-26)22-34(25(3)4)37(33)43-39(42-36-29-16-9-8-15-27(29)23-41-40(36)43)32-19-12-18-31-30-17-10-11-20-35(30)44-38(31)32;1-14(2)11-16-12-18(15-9-7-6-8-10-15)20-13-17(16)19(3,4)5;/h5-18,20-25H,1-4H3;6-9,12-14H,11H2,1-5H3;/q2*-1;. The molecule has 0 N–H and O–H groups in total. The Balaban J connectivity index is 0.000000232. The summed E-state index contributed by atoms with van der Waals surface area (Å²) in [6.07, 6.45) is 5.24. The van der Waals surface area contributed by atoms with Crippen molar-refractivity contribution in [2.45, 2.75) is 77.1 Å². The van der Waals surface area contributed by atoms with Gasteiger partial charge in [0.25, 0.3) is 0 Å². The molecule has 10 rings (SSSR count). The number of para-hydroxylation sites is 1. The van der Waals surface area contributed by atoms with Crippen molar-refractivity contribution in [3.05, 3.63) is 175 Å². The number of imidazole rings is 1. The number of benzene rings is 6. The molecule has 4 aromatic heterocycles. The van der Waals surface area contributed by atoms with E-state index in [-0.39, 0.29) is 31.9 Å². The van der Waals surface area contributed by atoms with E-state index < -0.39 is 13.3 Å². The van der Waals surface area contributed by atoms with E-state index >= 15 is 0 Å². The summed E-state index contributed by atoms with van der Waals surface area (Å²) in [6.45, 7) is 13.6. The van der Waals surface area contributed by atoms with Crippen LogP contribution in [0, 0.1) is 18.1 Å². The zero-order chi connectivity index (χ0) is 44.7. The van der Waals surface area contributed by atoms with Crippen LogP contribution in [0.2, 0.25) is 17.3 Å². The molecule has 0 amide bonds. The normalized spacial score (nSPS) is 11.8. The Bertz CT molecular complexity index is 3240. The number of rotatable bonds is 9. The molecule has 10 aromatic rings. The summed E-state index contributed by atoms with van der Waals surface area (Å²) < 4.78 is 10.4. The SMILES string of the molecule is CC(C)Cc1cc(-c2[c-]cccc2)nc[c]1[Ge]([CH3])([CH3])[CH3].CC(C)c1cc(-c2ccccc2)cc(C(C)C)c1-n1c(-c2[c-]ccc3c2oc2ccccc23)nc2c3ccccc3cnc21.[Ir]. The zero-order valence-corrected chi connectivity index (χ0v) is 43.3. The van der Waals surface area contributed by atoms with Gasteiger partial charge < -0.3 is 8.98 Å². The Morgan fingerprint density at radius 2 is 1.32 bits per heavy atom. The molecule has 0 aliphatic rings. The summed E-state index contributed by atoms with van der Waals surface area (Å²) >= 11 is -1.86. The van der Waals surface area contributed by atoms with Crippen LogP contribution >= 0.6 is 0 Å². The van der Waals surface area contributed by atoms with Gasteiger partial charge in [-0.05, 0) is 52.3 Å². The van der Waals surface area contributed by atoms with Gasteiger partial charge in [0.2, 0.25) is 0 Å². The number of fused-ring (bicyclic) bond motifs is 6.